The predicted molar refractivity (Wildman–Crippen MR) is 80.5 cm³/mol. The molecule has 0 saturated carbocycles. The summed E-state index contributed by atoms with van der Waals surface area (Å²) in [6, 6.07) is 8.11. The molecule has 20 heavy (non-hydrogen) atoms. The van der Waals surface area contributed by atoms with E-state index in [-0.39, 0.29) is 6.03 Å². The van der Waals surface area contributed by atoms with Gasteiger partial charge in [-0.05, 0) is 30.7 Å². The van der Waals surface area contributed by atoms with Crippen LogP contribution >= 0.6 is 0 Å². The first-order chi connectivity index (χ1) is 9.74. The third-order valence-corrected chi connectivity index (χ3v) is 3.53. The number of carbonyl (C=O) groups excluding carboxylic acids is 1. The first-order valence-corrected chi connectivity index (χ1v) is 7.16. The molecule has 5 heteroatoms. The molecule has 1 aromatic carbocycles. The quantitative estimate of drug-likeness (QED) is 0.914. The fraction of sp³-hybridized carbons (Fsp3) is 0.533. The van der Waals surface area contributed by atoms with Crippen molar-refractivity contribution in [1.82, 2.24) is 10.2 Å². The van der Waals surface area contributed by atoms with Crippen LogP contribution in [-0.2, 0) is 0 Å². The van der Waals surface area contributed by atoms with E-state index in [1.165, 1.54) is 5.69 Å². The summed E-state index contributed by atoms with van der Waals surface area (Å²) in [6.07, 6.45) is 0.970. The number of carbonyl (C=O) groups is 1. The van der Waals surface area contributed by atoms with Gasteiger partial charge in [-0.1, -0.05) is 6.92 Å². The number of rotatable bonds is 4. The minimum atomic E-state index is 0.0567. The first-order valence-electron chi connectivity index (χ1n) is 7.16. The SMILES string of the molecule is CCCNC(=O)N1CCN(c2ccc(OC)cc2)CC1. The number of anilines is 1. The van der Waals surface area contributed by atoms with Crippen LogP contribution in [0.4, 0.5) is 10.5 Å². The van der Waals surface area contributed by atoms with E-state index in [9.17, 15) is 4.79 Å². The van der Waals surface area contributed by atoms with Crippen LogP contribution in [0.5, 0.6) is 5.75 Å². The topological polar surface area (TPSA) is 44.8 Å². The maximum Gasteiger partial charge on any atom is 0.317 e. The summed E-state index contributed by atoms with van der Waals surface area (Å²) >= 11 is 0. The Morgan fingerprint density at radius 3 is 2.40 bits per heavy atom. The highest BCUT2D eigenvalue weighted by Crippen LogP contribution is 2.20. The summed E-state index contributed by atoms with van der Waals surface area (Å²) in [5, 5.41) is 2.92. The molecule has 1 aliphatic heterocycles. The van der Waals surface area contributed by atoms with Gasteiger partial charge >= 0.3 is 6.03 Å². The second-order valence-electron chi connectivity index (χ2n) is 4.90. The molecule has 110 valence electrons. The Labute approximate surface area is 120 Å². The molecular weight excluding hydrogens is 254 g/mol. The lowest BCUT2D eigenvalue weighted by Crippen LogP contribution is -2.52. The van der Waals surface area contributed by atoms with Crippen LogP contribution in [0.15, 0.2) is 24.3 Å². The van der Waals surface area contributed by atoms with Gasteiger partial charge in [-0.15, -0.1) is 0 Å². The van der Waals surface area contributed by atoms with E-state index in [0.29, 0.717) is 0 Å². The zero-order valence-corrected chi connectivity index (χ0v) is 12.3. The van der Waals surface area contributed by atoms with Gasteiger partial charge in [0, 0.05) is 38.4 Å². The van der Waals surface area contributed by atoms with Gasteiger partial charge < -0.3 is 19.9 Å². The Balaban J connectivity index is 1.85. The molecule has 0 aliphatic carbocycles. The summed E-state index contributed by atoms with van der Waals surface area (Å²) in [5.41, 5.74) is 1.18. The largest absolute Gasteiger partial charge is 0.497 e. The van der Waals surface area contributed by atoms with Crippen molar-refractivity contribution in [2.45, 2.75) is 13.3 Å². The standard InChI is InChI=1S/C15H23N3O2/c1-3-8-16-15(19)18-11-9-17(10-12-18)13-4-6-14(20-2)7-5-13/h4-7H,3,8-12H2,1-2H3,(H,16,19). The van der Waals surface area contributed by atoms with Crippen LogP contribution in [-0.4, -0.2) is 50.8 Å². The maximum atomic E-state index is 11.9. The zero-order valence-electron chi connectivity index (χ0n) is 12.3. The number of nitrogens with zero attached hydrogens (tertiary/aromatic N) is 2. The Morgan fingerprint density at radius 2 is 1.85 bits per heavy atom. The number of hydrogen-bond donors (Lipinski definition) is 1. The van der Waals surface area contributed by atoms with E-state index in [4.69, 9.17) is 4.74 Å². The van der Waals surface area contributed by atoms with Crippen LogP contribution in [0.1, 0.15) is 13.3 Å². The van der Waals surface area contributed by atoms with Crippen LogP contribution in [0, 0.1) is 0 Å². The summed E-state index contributed by atoms with van der Waals surface area (Å²) in [7, 11) is 1.67. The lowest BCUT2D eigenvalue weighted by molar-refractivity contribution is 0.194. The third kappa shape index (κ3) is 3.56. The van der Waals surface area contributed by atoms with Crippen molar-refractivity contribution in [3.63, 3.8) is 0 Å². The minimum Gasteiger partial charge on any atom is -0.497 e. The van der Waals surface area contributed by atoms with Gasteiger partial charge in [0.05, 0.1) is 7.11 Å². The number of benzene rings is 1. The Morgan fingerprint density at radius 1 is 1.20 bits per heavy atom. The second-order valence-corrected chi connectivity index (χ2v) is 4.90. The highest BCUT2D eigenvalue weighted by Gasteiger charge is 2.20. The number of methoxy groups -OCH3 is 1. The third-order valence-electron chi connectivity index (χ3n) is 3.53. The van der Waals surface area contributed by atoms with Crippen molar-refractivity contribution in [3.05, 3.63) is 24.3 Å². The van der Waals surface area contributed by atoms with E-state index in [1.807, 2.05) is 17.0 Å². The molecule has 0 unspecified atom stereocenters. The molecule has 0 spiro atoms. The molecule has 1 heterocycles. The lowest BCUT2D eigenvalue weighted by atomic mass is 10.2. The highest BCUT2D eigenvalue weighted by atomic mass is 16.5. The molecule has 1 N–H and O–H groups in total. The fourth-order valence-electron chi connectivity index (χ4n) is 2.30. The fourth-order valence-corrected chi connectivity index (χ4v) is 2.30. The van der Waals surface area contributed by atoms with Crippen LogP contribution in [0.25, 0.3) is 0 Å². The van der Waals surface area contributed by atoms with Gasteiger partial charge in [-0.3, -0.25) is 0 Å². The minimum absolute atomic E-state index is 0.0567. The predicted octanol–water partition coefficient (Wildman–Crippen LogP) is 1.94. The number of piperazine rings is 1. The van der Waals surface area contributed by atoms with Gasteiger partial charge in [-0.25, -0.2) is 4.79 Å². The highest BCUT2D eigenvalue weighted by molar-refractivity contribution is 5.74. The second kappa shape index (κ2) is 7.03. The average molecular weight is 277 g/mol. The van der Waals surface area contributed by atoms with E-state index in [2.05, 4.69) is 29.3 Å². The van der Waals surface area contributed by atoms with Gasteiger partial charge in [-0.2, -0.15) is 0 Å². The Bertz CT molecular complexity index is 425. The van der Waals surface area contributed by atoms with E-state index < -0.39 is 0 Å². The van der Waals surface area contributed by atoms with E-state index in [1.54, 1.807) is 7.11 Å². The molecule has 0 atom stereocenters. The van der Waals surface area contributed by atoms with E-state index in [0.717, 1.165) is 44.9 Å². The van der Waals surface area contributed by atoms with E-state index >= 15 is 0 Å². The Kier molecular flexibility index (Phi) is 5.09. The van der Waals surface area contributed by atoms with Gasteiger partial charge in [0.25, 0.3) is 0 Å². The van der Waals surface area contributed by atoms with Crippen LogP contribution in [0.3, 0.4) is 0 Å². The molecule has 5 nitrogen and oxygen atoms in total. The van der Waals surface area contributed by atoms with Crippen molar-refractivity contribution in [2.75, 3.05) is 44.7 Å². The van der Waals surface area contributed by atoms with Crippen molar-refractivity contribution in [2.24, 2.45) is 0 Å². The zero-order chi connectivity index (χ0) is 14.4. The van der Waals surface area contributed by atoms with Gasteiger partial charge in [0.1, 0.15) is 5.75 Å². The molecular formula is C15H23N3O2. The molecule has 1 fully saturated rings. The smallest absolute Gasteiger partial charge is 0.317 e. The average Bonchev–Trinajstić information content (AvgIpc) is 2.53. The molecule has 1 aromatic rings. The normalized spacial score (nSPS) is 15.1. The van der Waals surface area contributed by atoms with Crippen molar-refractivity contribution in [1.29, 1.82) is 0 Å². The summed E-state index contributed by atoms with van der Waals surface area (Å²) in [6.45, 7) is 6.07. The number of ether oxygens (including phenoxy) is 1. The molecule has 1 saturated heterocycles. The van der Waals surface area contributed by atoms with Crippen molar-refractivity contribution < 1.29 is 9.53 Å². The monoisotopic (exact) mass is 277 g/mol. The lowest BCUT2D eigenvalue weighted by Gasteiger charge is -2.36. The number of hydrogen-bond acceptors (Lipinski definition) is 3. The summed E-state index contributed by atoms with van der Waals surface area (Å²) in [5.74, 6) is 0.867. The summed E-state index contributed by atoms with van der Waals surface area (Å²) in [4.78, 5) is 16.0. The van der Waals surface area contributed by atoms with Crippen LogP contribution in [0.2, 0.25) is 0 Å². The molecule has 0 aromatic heterocycles. The van der Waals surface area contributed by atoms with Crippen LogP contribution < -0.4 is 15.0 Å². The number of nitrogens with one attached hydrogen (secondary N) is 1. The van der Waals surface area contributed by atoms with Gasteiger partial charge in [0.15, 0.2) is 0 Å². The first kappa shape index (κ1) is 14.5. The molecule has 2 amide bonds. The maximum absolute atomic E-state index is 11.9. The number of urea groups is 1. The van der Waals surface area contributed by atoms with Crippen molar-refractivity contribution >= 4 is 11.7 Å². The number of amides is 2. The molecule has 2 rings (SSSR count). The molecule has 0 bridgehead atoms. The van der Waals surface area contributed by atoms with Gasteiger partial charge in [0.2, 0.25) is 0 Å². The Hall–Kier alpha value is -1.91. The summed E-state index contributed by atoms with van der Waals surface area (Å²) < 4.78 is 5.16. The van der Waals surface area contributed by atoms with Crippen molar-refractivity contribution in [3.8, 4) is 5.75 Å². The molecule has 1 aliphatic rings. The molecule has 0 radical (unpaired) electrons.